The Bertz CT molecular complexity index is 477. The van der Waals surface area contributed by atoms with Gasteiger partial charge in [-0.25, -0.2) is 17.5 Å². The van der Waals surface area contributed by atoms with Crippen LogP contribution in [0.25, 0.3) is 0 Å². The van der Waals surface area contributed by atoms with Crippen molar-refractivity contribution in [3.05, 3.63) is 30.1 Å². The first kappa shape index (κ1) is 15.1. The summed E-state index contributed by atoms with van der Waals surface area (Å²) in [5.41, 5.74) is 5.44. The summed E-state index contributed by atoms with van der Waals surface area (Å²) in [5.74, 6) is -0.562. The third-order valence-electron chi connectivity index (χ3n) is 2.84. The Morgan fingerprint density at radius 3 is 2.61 bits per heavy atom. The van der Waals surface area contributed by atoms with E-state index in [-0.39, 0.29) is 17.4 Å². The number of nitrogens with two attached hydrogens (primary N) is 1. The number of sulfonamides is 1. The largest absolute Gasteiger partial charge is 0.330 e. The second kappa shape index (κ2) is 6.82. The van der Waals surface area contributed by atoms with Gasteiger partial charge in [0.1, 0.15) is 10.7 Å². The molecule has 6 heteroatoms. The highest BCUT2D eigenvalue weighted by molar-refractivity contribution is 7.89. The van der Waals surface area contributed by atoms with Crippen molar-refractivity contribution in [3.63, 3.8) is 0 Å². The molecule has 0 saturated carbocycles. The second-order valence-corrected chi connectivity index (χ2v) is 5.87. The predicted molar refractivity (Wildman–Crippen MR) is 69.0 cm³/mol. The zero-order chi connectivity index (χ0) is 13.6. The fraction of sp³-hybridized carbons (Fsp3) is 0.500. The summed E-state index contributed by atoms with van der Waals surface area (Å²) >= 11 is 0. The van der Waals surface area contributed by atoms with Gasteiger partial charge in [0.15, 0.2) is 0 Å². The first-order valence-corrected chi connectivity index (χ1v) is 7.43. The summed E-state index contributed by atoms with van der Waals surface area (Å²) < 4.78 is 39.6. The molecule has 0 spiro atoms. The second-order valence-electron chi connectivity index (χ2n) is 4.13. The lowest BCUT2D eigenvalue weighted by molar-refractivity contribution is 0.464. The minimum atomic E-state index is -3.78. The van der Waals surface area contributed by atoms with Crippen LogP contribution in [0.5, 0.6) is 0 Å². The zero-order valence-electron chi connectivity index (χ0n) is 10.4. The standard InChI is InChI=1S/C12H19FN2O2S/c1-2-10(7-8-14)9-15-18(16,17)12-6-4-3-5-11(12)13/h3-6,10,15H,2,7-9,14H2,1H3. The number of nitrogens with one attached hydrogen (secondary N) is 1. The molecule has 1 aromatic carbocycles. The van der Waals surface area contributed by atoms with Gasteiger partial charge in [-0.3, -0.25) is 0 Å². The number of benzene rings is 1. The normalized spacial score (nSPS) is 13.5. The Balaban J connectivity index is 2.74. The zero-order valence-corrected chi connectivity index (χ0v) is 11.2. The Hall–Kier alpha value is -0.980. The van der Waals surface area contributed by atoms with Gasteiger partial charge >= 0.3 is 0 Å². The average molecular weight is 274 g/mol. The highest BCUT2D eigenvalue weighted by atomic mass is 32.2. The summed E-state index contributed by atoms with van der Waals surface area (Å²) in [5, 5.41) is 0. The van der Waals surface area contributed by atoms with Crippen LogP contribution in [0.3, 0.4) is 0 Å². The van der Waals surface area contributed by atoms with Gasteiger partial charge in [-0.15, -0.1) is 0 Å². The van der Waals surface area contributed by atoms with E-state index in [1.807, 2.05) is 6.92 Å². The number of halogens is 1. The summed E-state index contributed by atoms with van der Waals surface area (Å²) in [6.07, 6.45) is 1.58. The molecule has 0 aliphatic rings. The van der Waals surface area contributed by atoms with Crippen molar-refractivity contribution >= 4 is 10.0 Å². The van der Waals surface area contributed by atoms with E-state index in [9.17, 15) is 12.8 Å². The maximum atomic E-state index is 13.4. The smallest absolute Gasteiger partial charge is 0.243 e. The van der Waals surface area contributed by atoms with Gasteiger partial charge in [-0.05, 0) is 31.0 Å². The fourth-order valence-electron chi connectivity index (χ4n) is 1.65. The number of rotatable bonds is 7. The third kappa shape index (κ3) is 4.04. The van der Waals surface area contributed by atoms with Crippen LogP contribution in [0.1, 0.15) is 19.8 Å². The monoisotopic (exact) mass is 274 g/mol. The molecule has 18 heavy (non-hydrogen) atoms. The molecule has 4 nitrogen and oxygen atoms in total. The molecule has 0 radical (unpaired) electrons. The molecular formula is C12H19FN2O2S. The van der Waals surface area contributed by atoms with Crippen molar-refractivity contribution < 1.29 is 12.8 Å². The van der Waals surface area contributed by atoms with E-state index in [0.29, 0.717) is 6.54 Å². The van der Waals surface area contributed by atoms with Crippen molar-refractivity contribution in [2.45, 2.75) is 24.7 Å². The highest BCUT2D eigenvalue weighted by Crippen LogP contribution is 2.14. The predicted octanol–water partition coefficient (Wildman–Crippen LogP) is 1.48. The van der Waals surface area contributed by atoms with Crippen LogP contribution in [0.15, 0.2) is 29.2 Å². The van der Waals surface area contributed by atoms with Crippen LogP contribution in [0.2, 0.25) is 0 Å². The maximum Gasteiger partial charge on any atom is 0.243 e. The van der Waals surface area contributed by atoms with Crippen molar-refractivity contribution in [2.75, 3.05) is 13.1 Å². The molecule has 1 rings (SSSR count). The molecule has 0 aromatic heterocycles. The molecule has 0 aliphatic heterocycles. The van der Waals surface area contributed by atoms with Gasteiger partial charge in [0.2, 0.25) is 10.0 Å². The number of hydrogen-bond donors (Lipinski definition) is 2. The molecule has 3 N–H and O–H groups in total. The molecule has 0 amide bonds. The minimum Gasteiger partial charge on any atom is -0.330 e. The van der Waals surface area contributed by atoms with Gasteiger partial charge < -0.3 is 5.73 Å². The van der Waals surface area contributed by atoms with E-state index >= 15 is 0 Å². The van der Waals surface area contributed by atoms with Crippen LogP contribution >= 0.6 is 0 Å². The Labute approximate surface area is 107 Å². The van der Waals surface area contributed by atoms with Gasteiger partial charge in [0.25, 0.3) is 0 Å². The molecule has 102 valence electrons. The summed E-state index contributed by atoms with van der Waals surface area (Å²) in [6.45, 7) is 2.77. The molecule has 0 saturated heterocycles. The van der Waals surface area contributed by atoms with Crippen LogP contribution in [0, 0.1) is 11.7 Å². The Morgan fingerprint density at radius 1 is 1.39 bits per heavy atom. The Morgan fingerprint density at radius 2 is 2.06 bits per heavy atom. The van der Waals surface area contributed by atoms with E-state index in [1.54, 1.807) is 0 Å². The first-order valence-electron chi connectivity index (χ1n) is 5.95. The molecule has 0 fully saturated rings. The highest BCUT2D eigenvalue weighted by Gasteiger charge is 2.19. The molecule has 0 aliphatic carbocycles. The summed E-state index contributed by atoms with van der Waals surface area (Å²) in [7, 11) is -3.78. The fourth-order valence-corrected chi connectivity index (χ4v) is 2.85. The van der Waals surface area contributed by atoms with Crippen LogP contribution in [0.4, 0.5) is 4.39 Å². The van der Waals surface area contributed by atoms with Gasteiger partial charge in [0, 0.05) is 6.54 Å². The van der Waals surface area contributed by atoms with Crippen LogP contribution in [-0.2, 0) is 10.0 Å². The molecule has 0 bridgehead atoms. The van der Waals surface area contributed by atoms with E-state index in [0.717, 1.165) is 18.9 Å². The van der Waals surface area contributed by atoms with Crippen molar-refractivity contribution in [1.82, 2.24) is 4.72 Å². The van der Waals surface area contributed by atoms with E-state index in [1.165, 1.54) is 18.2 Å². The van der Waals surface area contributed by atoms with Crippen molar-refractivity contribution in [2.24, 2.45) is 11.7 Å². The van der Waals surface area contributed by atoms with Crippen molar-refractivity contribution in [3.8, 4) is 0 Å². The topological polar surface area (TPSA) is 72.2 Å². The third-order valence-corrected chi connectivity index (χ3v) is 4.30. The van der Waals surface area contributed by atoms with E-state index in [4.69, 9.17) is 5.73 Å². The SMILES string of the molecule is CCC(CCN)CNS(=O)(=O)c1ccccc1F. The van der Waals surface area contributed by atoms with E-state index < -0.39 is 15.8 Å². The van der Waals surface area contributed by atoms with E-state index in [2.05, 4.69) is 4.72 Å². The number of hydrogen-bond acceptors (Lipinski definition) is 3. The van der Waals surface area contributed by atoms with Gasteiger partial charge in [-0.2, -0.15) is 0 Å². The maximum absolute atomic E-state index is 13.4. The molecular weight excluding hydrogens is 255 g/mol. The molecule has 1 unspecified atom stereocenters. The van der Waals surface area contributed by atoms with Gasteiger partial charge in [-0.1, -0.05) is 25.5 Å². The van der Waals surface area contributed by atoms with Crippen LogP contribution < -0.4 is 10.5 Å². The lowest BCUT2D eigenvalue weighted by Crippen LogP contribution is -2.30. The van der Waals surface area contributed by atoms with Crippen LogP contribution in [-0.4, -0.2) is 21.5 Å². The Kier molecular flexibility index (Phi) is 5.71. The molecule has 1 atom stereocenters. The molecule has 1 aromatic rings. The lowest BCUT2D eigenvalue weighted by atomic mass is 10.0. The average Bonchev–Trinajstić information content (AvgIpc) is 2.34. The summed E-state index contributed by atoms with van der Waals surface area (Å²) in [6, 6.07) is 5.33. The van der Waals surface area contributed by atoms with Crippen molar-refractivity contribution in [1.29, 1.82) is 0 Å². The first-order chi connectivity index (χ1) is 8.51. The van der Waals surface area contributed by atoms with Gasteiger partial charge in [0.05, 0.1) is 0 Å². The minimum absolute atomic E-state index is 0.177. The summed E-state index contributed by atoms with van der Waals surface area (Å²) in [4.78, 5) is -0.312. The molecule has 0 heterocycles. The lowest BCUT2D eigenvalue weighted by Gasteiger charge is -2.15. The quantitative estimate of drug-likeness (QED) is 0.791.